The van der Waals surface area contributed by atoms with Crippen LogP contribution in [-0.2, 0) is 4.79 Å². The van der Waals surface area contributed by atoms with Crippen molar-refractivity contribution in [2.24, 2.45) is 5.92 Å². The van der Waals surface area contributed by atoms with Gasteiger partial charge in [-0.25, -0.2) is 0 Å². The minimum absolute atomic E-state index is 0.0225. The largest absolute Gasteiger partial charge is 0.497 e. The van der Waals surface area contributed by atoms with Crippen molar-refractivity contribution in [2.45, 2.75) is 19.8 Å². The molecule has 1 amide bonds. The van der Waals surface area contributed by atoms with E-state index in [4.69, 9.17) is 4.74 Å². The molecule has 0 unspecified atom stereocenters. The topological polar surface area (TPSA) is 102 Å². The van der Waals surface area contributed by atoms with Crippen LogP contribution in [0.4, 0.5) is 11.4 Å². The Bertz CT molecular complexity index is 934. The molecule has 0 aliphatic carbocycles. The molecule has 0 bridgehead atoms. The molecule has 8 nitrogen and oxygen atoms in total. The fourth-order valence-electron chi connectivity index (χ4n) is 3.69. The van der Waals surface area contributed by atoms with Crippen LogP contribution in [0.15, 0.2) is 42.5 Å². The predicted octanol–water partition coefficient (Wildman–Crippen LogP) is 3.45. The molecule has 1 aliphatic rings. The monoisotopic (exact) mass is 411 g/mol. The standard InChI is InChI=1S/C22H25N3O5/c1-15-19(4-3-5-20(15)25(28)29)23-21(26)14-24-12-10-17(11-13-24)22(27)16-6-8-18(30-2)9-7-16/h3-9,17H,10-14H2,1-2H3,(H,23,26). The Morgan fingerprint density at radius 3 is 2.43 bits per heavy atom. The first kappa shape index (κ1) is 21.4. The zero-order chi connectivity index (χ0) is 21.7. The van der Waals surface area contributed by atoms with E-state index in [-0.39, 0.29) is 29.8 Å². The third-order valence-electron chi connectivity index (χ3n) is 5.48. The number of nitrogens with one attached hydrogen (secondary N) is 1. The first-order valence-electron chi connectivity index (χ1n) is 9.83. The van der Waals surface area contributed by atoms with Crippen molar-refractivity contribution < 1.29 is 19.2 Å². The normalized spacial score (nSPS) is 14.9. The number of benzene rings is 2. The number of likely N-dealkylation sites (tertiary alicyclic amines) is 1. The van der Waals surface area contributed by atoms with E-state index in [0.717, 1.165) is 0 Å². The summed E-state index contributed by atoms with van der Waals surface area (Å²) in [5, 5.41) is 13.8. The number of carbonyl (C=O) groups is 2. The average molecular weight is 411 g/mol. The number of hydrogen-bond acceptors (Lipinski definition) is 6. The Balaban J connectivity index is 1.52. The van der Waals surface area contributed by atoms with Crippen LogP contribution in [0.3, 0.4) is 0 Å². The number of piperidine rings is 1. The van der Waals surface area contributed by atoms with E-state index in [1.165, 1.54) is 6.07 Å². The molecule has 3 rings (SSSR count). The quantitative estimate of drug-likeness (QED) is 0.425. The highest BCUT2D eigenvalue weighted by Crippen LogP contribution is 2.26. The summed E-state index contributed by atoms with van der Waals surface area (Å²) in [6.45, 7) is 3.09. The van der Waals surface area contributed by atoms with Gasteiger partial charge in [0.25, 0.3) is 5.69 Å². The summed E-state index contributed by atoms with van der Waals surface area (Å²) < 4.78 is 5.12. The molecular formula is C22H25N3O5. The number of ether oxygens (including phenoxy) is 1. The Morgan fingerprint density at radius 1 is 1.17 bits per heavy atom. The molecule has 1 aliphatic heterocycles. The number of rotatable bonds is 7. The molecule has 0 aromatic heterocycles. The molecule has 0 radical (unpaired) electrons. The van der Waals surface area contributed by atoms with E-state index < -0.39 is 4.92 Å². The van der Waals surface area contributed by atoms with Gasteiger partial charge < -0.3 is 10.1 Å². The van der Waals surface area contributed by atoms with E-state index in [9.17, 15) is 19.7 Å². The van der Waals surface area contributed by atoms with Crippen LogP contribution in [-0.4, -0.2) is 48.3 Å². The van der Waals surface area contributed by atoms with Crippen molar-refractivity contribution in [3.05, 3.63) is 63.7 Å². The molecule has 1 fully saturated rings. The summed E-state index contributed by atoms with van der Waals surface area (Å²) in [5.74, 6) is 0.551. The Kier molecular flexibility index (Phi) is 6.79. The second-order valence-electron chi connectivity index (χ2n) is 7.40. The maximum Gasteiger partial charge on any atom is 0.274 e. The lowest BCUT2D eigenvalue weighted by molar-refractivity contribution is -0.385. The summed E-state index contributed by atoms with van der Waals surface area (Å²) in [7, 11) is 1.59. The molecule has 0 saturated carbocycles. The highest BCUT2D eigenvalue weighted by atomic mass is 16.6. The Labute approximate surface area is 175 Å². The predicted molar refractivity (Wildman–Crippen MR) is 113 cm³/mol. The van der Waals surface area contributed by atoms with E-state index in [1.807, 2.05) is 4.90 Å². The zero-order valence-corrected chi connectivity index (χ0v) is 17.1. The van der Waals surface area contributed by atoms with Crippen LogP contribution in [0.1, 0.15) is 28.8 Å². The van der Waals surface area contributed by atoms with Gasteiger partial charge in [-0.05, 0) is 63.2 Å². The van der Waals surface area contributed by atoms with Gasteiger partial charge in [0.2, 0.25) is 5.91 Å². The number of nitro groups is 1. The van der Waals surface area contributed by atoms with Crippen LogP contribution in [0.5, 0.6) is 5.75 Å². The van der Waals surface area contributed by atoms with Gasteiger partial charge in [0.05, 0.1) is 29.8 Å². The lowest BCUT2D eigenvalue weighted by Gasteiger charge is -2.30. The number of hydrogen-bond donors (Lipinski definition) is 1. The molecule has 0 atom stereocenters. The van der Waals surface area contributed by atoms with Gasteiger partial charge in [-0.15, -0.1) is 0 Å². The molecule has 30 heavy (non-hydrogen) atoms. The first-order chi connectivity index (χ1) is 14.4. The third-order valence-corrected chi connectivity index (χ3v) is 5.48. The SMILES string of the molecule is COc1ccc(C(=O)C2CCN(CC(=O)Nc3cccc([N+](=O)[O-])c3C)CC2)cc1. The van der Waals surface area contributed by atoms with Gasteiger partial charge in [0, 0.05) is 17.5 Å². The van der Waals surface area contributed by atoms with E-state index in [1.54, 1.807) is 50.4 Å². The fraction of sp³-hybridized carbons (Fsp3) is 0.364. The van der Waals surface area contributed by atoms with Gasteiger partial charge in [0.15, 0.2) is 5.78 Å². The van der Waals surface area contributed by atoms with Crippen molar-refractivity contribution in [1.82, 2.24) is 4.90 Å². The van der Waals surface area contributed by atoms with Crippen LogP contribution in [0, 0.1) is 23.0 Å². The van der Waals surface area contributed by atoms with Gasteiger partial charge in [0.1, 0.15) is 5.75 Å². The minimum atomic E-state index is -0.463. The van der Waals surface area contributed by atoms with E-state index in [0.29, 0.717) is 48.5 Å². The van der Waals surface area contributed by atoms with Crippen LogP contribution >= 0.6 is 0 Å². The maximum absolute atomic E-state index is 12.7. The van der Waals surface area contributed by atoms with Gasteiger partial charge >= 0.3 is 0 Å². The summed E-state index contributed by atoms with van der Waals surface area (Å²) >= 11 is 0. The van der Waals surface area contributed by atoms with Gasteiger partial charge in [-0.1, -0.05) is 6.07 Å². The highest BCUT2D eigenvalue weighted by molar-refractivity contribution is 5.98. The average Bonchev–Trinajstić information content (AvgIpc) is 2.75. The summed E-state index contributed by atoms with van der Waals surface area (Å²) in [6.07, 6.45) is 1.38. The Morgan fingerprint density at radius 2 is 1.83 bits per heavy atom. The van der Waals surface area contributed by atoms with E-state index >= 15 is 0 Å². The molecule has 0 spiro atoms. The second-order valence-corrected chi connectivity index (χ2v) is 7.40. The van der Waals surface area contributed by atoms with Crippen molar-refractivity contribution in [3.63, 3.8) is 0 Å². The van der Waals surface area contributed by atoms with E-state index in [2.05, 4.69) is 5.32 Å². The molecule has 2 aromatic rings. The summed E-state index contributed by atoms with van der Waals surface area (Å²) in [6, 6.07) is 11.7. The van der Waals surface area contributed by atoms with Crippen LogP contribution < -0.4 is 10.1 Å². The number of Topliss-reactive ketones (excluding diaryl/α,β-unsaturated/α-hetero) is 1. The third kappa shape index (κ3) is 5.01. The molecule has 2 aromatic carbocycles. The van der Waals surface area contributed by atoms with Gasteiger partial charge in [-0.3, -0.25) is 24.6 Å². The maximum atomic E-state index is 12.7. The van der Waals surface area contributed by atoms with Crippen LogP contribution in [0.2, 0.25) is 0 Å². The summed E-state index contributed by atoms with van der Waals surface area (Å²) in [4.78, 5) is 37.7. The number of ketones is 1. The van der Waals surface area contributed by atoms with Crippen molar-refractivity contribution in [2.75, 3.05) is 32.1 Å². The highest BCUT2D eigenvalue weighted by Gasteiger charge is 2.27. The molecule has 1 heterocycles. The lowest BCUT2D eigenvalue weighted by atomic mass is 9.89. The van der Waals surface area contributed by atoms with Crippen molar-refractivity contribution >= 4 is 23.1 Å². The van der Waals surface area contributed by atoms with Crippen molar-refractivity contribution in [3.8, 4) is 5.75 Å². The molecule has 1 saturated heterocycles. The molecule has 158 valence electrons. The number of amides is 1. The molecule has 1 N–H and O–H groups in total. The van der Waals surface area contributed by atoms with Crippen LogP contribution in [0.25, 0.3) is 0 Å². The number of anilines is 1. The summed E-state index contributed by atoms with van der Waals surface area (Å²) in [5.41, 5.74) is 1.53. The molecular weight excluding hydrogens is 386 g/mol. The number of nitro benzene ring substituents is 1. The second kappa shape index (κ2) is 9.49. The number of methoxy groups -OCH3 is 1. The minimum Gasteiger partial charge on any atom is -0.497 e. The van der Waals surface area contributed by atoms with Gasteiger partial charge in [-0.2, -0.15) is 0 Å². The number of nitrogens with zero attached hydrogens (tertiary/aromatic N) is 2. The smallest absolute Gasteiger partial charge is 0.274 e. The lowest BCUT2D eigenvalue weighted by Crippen LogP contribution is -2.40. The Hall–Kier alpha value is -3.26. The fourth-order valence-corrected chi connectivity index (χ4v) is 3.69. The first-order valence-corrected chi connectivity index (χ1v) is 9.83. The van der Waals surface area contributed by atoms with Crippen molar-refractivity contribution in [1.29, 1.82) is 0 Å². The number of carbonyl (C=O) groups excluding carboxylic acids is 2. The zero-order valence-electron chi connectivity index (χ0n) is 17.1. The molecule has 8 heteroatoms.